The molecule has 6 nitrogen and oxygen atoms in total. The zero-order valence-electron chi connectivity index (χ0n) is 14.3. The summed E-state index contributed by atoms with van der Waals surface area (Å²) in [5, 5.41) is 8.09. The van der Waals surface area contributed by atoms with Gasteiger partial charge < -0.3 is 9.84 Å². The molecular weight excluding hydrogens is 333 g/mol. The Hall–Kier alpha value is -3.35. The summed E-state index contributed by atoms with van der Waals surface area (Å²) < 4.78 is 18.6. The maximum Gasteiger partial charge on any atom is 0.261 e. The molecule has 0 bridgehead atoms. The third kappa shape index (κ3) is 2.99. The molecular formula is C19H16FN5O. The number of hydrogen-bond acceptors (Lipinski definition) is 6. The summed E-state index contributed by atoms with van der Waals surface area (Å²) in [6, 6.07) is 9.98. The van der Waals surface area contributed by atoms with Gasteiger partial charge in [-0.2, -0.15) is 4.98 Å². The van der Waals surface area contributed by atoms with Gasteiger partial charge in [-0.15, -0.1) is 0 Å². The lowest BCUT2D eigenvalue weighted by Gasteiger charge is -2.13. The maximum absolute atomic E-state index is 13.2. The third-order valence-corrected chi connectivity index (χ3v) is 4.00. The monoisotopic (exact) mass is 349 g/mol. The van der Waals surface area contributed by atoms with Crippen molar-refractivity contribution in [3.63, 3.8) is 0 Å². The Morgan fingerprint density at radius 2 is 1.88 bits per heavy atom. The molecule has 1 aromatic carbocycles. The van der Waals surface area contributed by atoms with Crippen molar-refractivity contribution in [2.24, 2.45) is 0 Å². The summed E-state index contributed by atoms with van der Waals surface area (Å²) in [4.78, 5) is 13.3. The number of pyridine rings is 2. The van der Waals surface area contributed by atoms with E-state index in [2.05, 4.69) is 25.4 Å². The average molecular weight is 349 g/mol. The second kappa shape index (κ2) is 6.51. The third-order valence-electron chi connectivity index (χ3n) is 4.00. The van der Waals surface area contributed by atoms with E-state index in [0.717, 1.165) is 22.5 Å². The van der Waals surface area contributed by atoms with Crippen LogP contribution in [0.1, 0.15) is 18.4 Å². The highest BCUT2D eigenvalue weighted by Crippen LogP contribution is 2.34. The quantitative estimate of drug-likeness (QED) is 0.587. The molecule has 0 amide bonds. The van der Waals surface area contributed by atoms with Crippen LogP contribution < -0.4 is 5.32 Å². The van der Waals surface area contributed by atoms with Gasteiger partial charge in [0.05, 0.1) is 11.3 Å². The summed E-state index contributed by atoms with van der Waals surface area (Å²) >= 11 is 0. The first kappa shape index (κ1) is 16.1. The van der Waals surface area contributed by atoms with Crippen LogP contribution in [0.5, 0.6) is 0 Å². The fourth-order valence-electron chi connectivity index (χ4n) is 2.65. The van der Waals surface area contributed by atoms with E-state index in [1.54, 1.807) is 18.3 Å². The predicted molar refractivity (Wildman–Crippen MR) is 96.6 cm³/mol. The number of fused-ring (bicyclic) bond motifs is 1. The summed E-state index contributed by atoms with van der Waals surface area (Å²) in [6.45, 7) is 3.87. The normalized spacial score (nSPS) is 11.0. The number of rotatable bonds is 4. The molecule has 0 saturated heterocycles. The van der Waals surface area contributed by atoms with E-state index >= 15 is 0 Å². The molecule has 3 aromatic heterocycles. The fourth-order valence-corrected chi connectivity index (χ4v) is 2.65. The Balaban J connectivity index is 1.89. The Kier molecular flexibility index (Phi) is 4.04. The van der Waals surface area contributed by atoms with Crippen LogP contribution in [0.3, 0.4) is 0 Å². The van der Waals surface area contributed by atoms with Gasteiger partial charge in [0.2, 0.25) is 0 Å². The van der Waals surface area contributed by atoms with E-state index < -0.39 is 0 Å². The van der Waals surface area contributed by atoms with Crippen molar-refractivity contribution in [1.29, 1.82) is 0 Å². The minimum absolute atomic E-state index is 0.294. The van der Waals surface area contributed by atoms with Crippen LogP contribution in [-0.4, -0.2) is 20.1 Å². The van der Waals surface area contributed by atoms with Gasteiger partial charge >= 0.3 is 0 Å². The van der Waals surface area contributed by atoms with Crippen molar-refractivity contribution in [3.05, 3.63) is 59.9 Å². The lowest BCUT2D eigenvalue weighted by molar-refractivity contribution is 0.423. The van der Waals surface area contributed by atoms with Crippen molar-refractivity contribution in [1.82, 2.24) is 20.1 Å². The Bertz CT molecular complexity index is 1080. The molecule has 0 radical (unpaired) electrons. The van der Waals surface area contributed by atoms with Crippen molar-refractivity contribution < 1.29 is 8.91 Å². The second-order valence-electron chi connectivity index (χ2n) is 5.87. The van der Waals surface area contributed by atoms with E-state index in [1.807, 2.05) is 26.0 Å². The van der Waals surface area contributed by atoms with Crippen LogP contribution in [0.4, 0.5) is 15.8 Å². The minimum atomic E-state index is -0.294. The van der Waals surface area contributed by atoms with E-state index in [4.69, 9.17) is 4.52 Å². The van der Waals surface area contributed by atoms with Gasteiger partial charge in [-0.05, 0) is 43.3 Å². The molecule has 0 atom stereocenters. The van der Waals surface area contributed by atoms with Crippen LogP contribution in [0, 0.1) is 12.7 Å². The fraction of sp³-hybridized carbons (Fsp3) is 0.158. The zero-order valence-corrected chi connectivity index (χ0v) is 14.3. The second-order valence-corrected chi connectivity index (χ2v) is 5.87. The molecule has 3 heterocycles. The van der Waals surface area contributed by atoms with Gasteiger partial charge in [0.15, 0.2) is 11.5 Å². The Morgan fingerprint density at radius 3 is 2.62 bits per heavy atom. The number of benzene rings is 1. The van der Waals surface area contributed by atoms with Crippen LogP contribution in [0.15, 0.2) is 47.1 Å². The van der Waals surface area contributed by atoms with Crippen molar-refractivity contribution >= 4 is 22.4 Å². The average Bonchev–Trinajstić information content (AvgIpc) is 3.12. The van der Waals surface area contributed by atoms with Gasteiger partial charge in [-0.1, -0.05) is 12.1 Å². The molecule has 0 unspecified atom stereocenters. The van der Waals surface area contributed by atoms with Gasteiger partial charge in [0.25, 0.3) is 5.89 Å². The first-order valence-corrected chi connectivity index (χ1v) is 8.26. The highest BCUT2D eigenvalue weighted by molar-refractivity contribution is 5.98. The summed E-state index contributed by atoms with van der Waals surface area (Å²) in [7, 11) is 0. The maximum atomic E-state index is 13.2. The van der Waals surface area contributed by atoms with E-state index in [9.17, 15) is 4.39 Å². The van der Waals surface area contributed by atoms with Gasteiger partial charge in [-0.3, -0.25) is 0 Å². The molecule has 130 valence electrons. The van der Waals surface area contributed by atoms with Crippen LogP contribution in [-0.2, 0) is 6.42 Å². The summed E-state index contributed by atoms with van der Waals surface area (Å²) in [5.74, 6) is 0.702. The SMILES string of the molecule is CCc1noc(-c2cnc3nc(C)ccc3c2Nc2ccc(F)cc2)n1. The Labute approximate surface area is 149 Å². The van der Waals surface area contributed by atoms with E-state index in [-0.39, 0.29) is 5.82 Å². The highest BCUT2D eigenvalue weighted by atomic mass is 19.1. The predicted octanol–water partition coefficient (Wildman–Crippen LogP) is 4.43. The van der Waals surface area contributed by atoms with Crippen molar-refractivity contribution in [2.45, 2.75) is 20.3 Å². The first-order chi connectivity index (χ1) is 12.6. The number of anilines is 2. The first-order valence-electron chi connectivity index (χ1n) is 8.26. The van der Waals surface area contributed by atoms with Crippen molar-refractivity contribution in [3.8, 4) is 11.5 Å². The molecule has 0 saturated carbocycles. The number of nitrogens with zero attached hydrogens (tertiary/aromatic N) is 4. The molecule has 4 rings (SSSR count). The number of halogens is 1. The van der Waals surface area contributed by atoms with Crippen LogP contribution in [0.25, 0.3) is 22.5 Å². The molecule has 4 aromatic rings. The smallest absolute Gasteiger partial charge is 0.261 e. The molecule has 0 aliphatic rings. The Morgan fingerprint density at radius 1 is 1.08 bits per heavy atom. The minimum Gasteiger partial charge on any atom is -0.354 e. The molecule has 7 heteroatoms. The molecule has 0 fully saturated rings. The summed E-state index contributed by atoms with van der Waals surface area (Å²) in [5.41, 5.74) is 3.61. The summed E-state index contributed by atoms with van der Waals surface area (Å²) in [6.07, 6.45) is 2.33. The number of nitrogens with one attached hydrogen (secondary N) is 1. The molecule has 0 aliphatic heterocycles. The van der Waals surface area contributed by atoms with Gasteiger partial charge in [-0.25, -0.2) is 14.4 Å². The molecule has 26 heavy (non-hydrogen) atoms. The largest absolute Gasteiger partial charge is 0.354 e. The topological polar surface area (TPSA) is 76.7 Å². The molecule has 0 spiro atoms. The number of aromatic nitrogens is 4. The van der Waals surface area contributed by atoms with E-state index in [1.165, 1.54) is 12.1 Å². The lowest BCUT2D eigenvalue weighted by atomic mass is 10.1. The highest BCUT2D eigenvalue weighted by Gasteiger charge is 2.17. The van der Waals surface area contributed by atoms with Gasteiger partial charge in [0.1, 0.15) is 5.82 Å². The number of hydrogen-bond donors (Lipinski definition) is 1. The molecule has 1 N–H and O–H groups in total. The standard InChI is InChI=1S/C19H16FN5O/c1-3-16-24-19(26-25-16)15-10-21-18-14(9-4-11(2)22-18)17(15)23-13-7-5-12(20)6-8-13/h4-10H,3H2,1-2H3,(H,21,22,23). The van der Waals surface area contributed by atoms with Crippen molar-refractivity contribution in [2.75, 3.05) is 5.32 Å². The lowest BCUT2D eigenvalue weighted by Crippen LogP contribution is -1.98. The van der Waals surface area contributed by atoms with Crippen LogP contribution >= 0.6 is 0 Å². The van der Waals surface area contributed by atoms with Gasteiger partial charge in [0, 0.05) is 29.4 Å². The number of aryl methyl sites for hydroxylation is 2. The zero-order chi connectivity index (χ0) is 18.1. The van der Waals surface area contributed by atoms with E-state index in [0.29, 0.717) is 29.3 Å². The molecule has 0 aliphatic carbocycles. The van der Waals surface area contributed by atoms with Crippen LogP contribution in [0.2, 0.25) is 0 Å².